The van der Waals surface area contributed by atoms with Crippen molar-refractivity contribution >= 4 is 39.9 Å². The van der Waals surface area contributed by atoms with Crippen LogP contribution in [0.5, 0.6) is 5.75 Å². The van der Waals surface area contributed by atoms with Crippen LogP contribution in [0.2, 0.25) is 10.2 Å². The molecule has 6 nitrogen and oxygen atoms in total. The number of ether oxygens (including phenoxy) is 1. The molecule has 8 heteroatoms. The number of Topliss-reactive ketones (excluding diaryl/α,β-unsaturated/α-hetero) is 1. The number of likely N-dealkylation sites (tertiary alicyclic amines) is 1. The number of likely N-dealkylation sites (N-methyl/N-ethyl adjacent to an activating group) is 1. The number of hydrogen-bond acceptors (Lipinski definition) is 4. The average Bonchev–Trinajstić information content (AvgIpc) is 3.43. The van der Waals surface area contributed by atoms with Gasteiger partial charge in [0, 0.05) is 45.8 Å². The van der Waals surface area contributed by atoms with Gasteiger partial charge in [0.2, 0.25) is 0 Å². The first-order valence-corrected chi connectivity index (χ1v) is 12.2. The summed E-state index contributed by atoms with van der Waals surface area (Å²) in [4.78, 5) is 16.1. The molecule has 0 radical (unpaired) electrons. The lowest BCUT2D eigenvalue weighted by Gasteiger charge is -2.38. The molecule has 0 saturated carbocycles. The summed E-state index contributed by atoms with van der Waals surface area (Å²) >= 11 is 12.5. The summed E-state index contributed by atoms with van der Waals surface area (Å²) in [5.41, 5.74) is 4.56. The monoisotopic (exact) mass is 494 g/mol. The summed E-state index contributed by atoms with van der Waals surface area (Å²) in [6, 6.07) is 12.2. The van der Waals surface area contributed by atoms with Crippen LogP contribution in [0.4, 0.5) is 0 Å². The minimum Gasteiger partial charge on any atom is -0.493 e. The van der Waals surface area contributed by atoms with Crippen LogP contribution in [-0.4, -0.2) is 51.7 Å². The van der Waals surface area contributed by atoms with Gasteiger partial charge in [0.05, 0.1) is 18.7 Å². The number of halogens is 2. The maximum atomic E-state index is 13.8. The van der Waals surface area contributed by atoms with Crippen LogP contribution in [0.25, 0.3) is 22.0 Å². The largest absolute Gasteiger partial charge is 0.493 e. The van der Waals surface area contributed by atoms with Gasteiger partial charge < -0.3 is 14.2 Å². The molecule has 4 aromatic rings. The zero-order valence-electron chi connectivity index (χ0n) is 18.7. The molecule has 2 aliphatic rings. The Kier molecular flexibility index (Phi) is 5.40. The van der Waals surface area contributed by atoms with Crippen molar-refractivity contribution in [2.24, 2.45) is 5.92 Å². The standard InChI is InChI=1S/C26H24Cl2N4O2/c1-31-7-6-19(31)12-32-13-22(20-4-2-15(10-23(20)32)21-11-29-30-26(21)28)25(33)17-8-16-9-18(27)3-5-24(16)34-14-17/h2-5,9-11,13,17,19H,6-8,12,14H2,1H3,(H,29,30)/t17?,19-/m1/s1. The summed E-state index contributed by atoms with van der Waals surface area (Å²) < 4.78 is 8.14. The van der Waals surface area contributed by atoms with Crippen molar-refractivity contribution in [3.63, 3.8) is 0 Å². The fourth-order valence-electron chi connectivity index (χ4n) is 5.06. The number of hydrogen-bond donors (Lipinski definition) is 1. The lowest BCUT2D eigenvalue weighted by Crippen LogP contribution is -2.46. The maximum absolute atomic E-state index is 13.8. The molecule has 1 N–H and O–H groups in total. The third-order valence-electron chi connectivity index (χ3n) is 7.20. The zero-order valence-corrected chi connectivity index (χ0v) is 20.2. The fraction of sp³-hybridized carbons (Fsp3) is 0.308. The van der Waals surface area contributed by atoms with Gasteiger partial charge in [0.1, 0.15) is 10.9 Å². The van der Waals surface area contributed by atoms with Crippen molar-refractivity contribution in [3.05, 3.63) is 70.1 Å². The predicted molar refractivity (Wildman–Crippen MR) is 134 cm³/mol. The van der Waals surface area contributed by atoms with Gasteiger partial charge in [-0.05, 0) is 61.8 Å². The SMILES string of the molecule is CN1CC[C@@H]1Cn1cc(C(=O)C2COc3ccc(Cl)cc3C2)c2ccc(-c3cn[nH]c3Cl)cc21. The van der Waals surface area contributed by atoms with Crippen molar-refractivity contribution in [1.29, 1.82) is 0 Å². The minimum absolute atomic E-state index is 0.102. The number of nitrogens with one attached hydrogen (secondary N) is 1. The highest BCUT2D eigenvalue weighted by Gasteiger charge is 2.31. The van der Waals surface area contributed by atoms with Crippen LogP contribution >= 0.6 is 23.2 Å². The van der Waals surface area contributed by atoms with Gasteiger partial charge in [0.15, 0.2) is 5.78 Å². The van der Waals surface area contributed by atoms with E-state index in [9.17, 15) is 4.79 Å². The Balaban J connectivity index is 1.39. The second kappa shape index (κ2) is 8.45. The molecule has 4 heterocycles. The van der Waals surface area contributed by atoms with Crippen molar-refractivity contribution in [2.45, 2.75) is 25.4 Å². The number of ketones is 1. The van der Waals surface area contributed by atoms with Gasteiger partial charge >= 0.3 is 0 Å². The number of H-pyrrole nitrogens is 1. The predicted octanol–water partition coefficient (Wildman–Crippen LogP) is 5.48. The van der Waals surface area contributed by atoms with E-state index in [1.54, 1.807) is 6.20 Å². The second-order valence-corrected chi connectivity index (χ2v) is 10.1. The zero-order chi connectivity index (χ0) is 23.4. The topological polar surface area (TPSA) is 63.1 Å². The van der Waals surface area contributed by atoms with E-state index in [0.29, 0.717) is 29.2 Å². The van der Waals surface area contributed by atoms with Gasteiger partial charge in [-0.2, -0.15) is 5.10 Å². The fourth-order valence-corrected chi connectivity index (χ4v) is 5.46. The molecular weight excluding hydrogens is 471 g/mol. The number of fused-ring (bicyclic) bond motifs is 2. The molecule has 2 aromatic heterocycles. The minimum atomic E-state index is -0.251. The molecule has 2 aromatic carbocycles. The third kappa shape index (κ3) is 3.70. The van der Waals surface area contributed by atoms with E-state index < -0.39 is 0 Å². The van der Waals surface area contributed by atoms with Crippen molar-refractivity contribution in [3.8, 4) is 16.9 Å². The van der Waals surface area contributed by atoms with Gasteiger partial charge in [0.25, 0.3) is 0 Å². The lowest BCUT2D eigenvalue weighted by molar-refractivity contribution is 0.0856. The van der Waals surface area contributed by atoms with E-state index in [2.05, 4.69) is 32.8 Å². The third-order valence-corrected chi connectivity index (χ3v) is 7.72. The summed E-state index contributed by atoms with van der Waals surface area (Å²) in [7, 11) is 2.14. The molecule has 34 heavy (non-hydrogen) atoms. The van der Waals surface area contributed by atoms with Crippen LogP contribution in [0, 0.1) is 5.92 Å². The highest BCUT2D eigenvalue weighted by atomic mass is 35.5. The van der Waals surface area contributed by atoms with Crippen molar-refractivity contribution < 1.29 is 9.53 Å². The van der Waals surface area contributed by atoms with Crippen molar-refractivity contribution in [2.75, 3.05) is 20.2 Å². The smallest absolute Gasteiger partial charge is 0.171 e. The van der Waals surface area contributed by atoms with E-state index in [-0.39, 0.29) is 11.7 Å². The van der Waals surface area contributed by atoms with Gasteiger partial charge in [-0.25, -0.2) is 0 Å². The molecule has 0 bridgehead atoms. The molecule has 1 unspecified atom stereocenters. The summed E-state index contributed by atoms with van der Waals surface area (Å²) in [6.07, 6.45) is 5.52. The van der Waals surface area contributed by atoms with Crippen LogP contribution in [0.15, 0.2) is 48.8 Å². The Hall–Kier alpha value is -2.80. The first kappa shape index (κ1) is 21.7. The Morgan fingerprint density at radius 3 is 2.85 bits per heavy atom. The molecule has 174 valence electrons. The van der Waals surface area contributed by atoms with Crippen LogP contribution < -0.4 is 4.74 Å². The average molecular weight is 495 g/mol. The molecule has 0 amide bonds. The quantitative estimate of drug-likeness (QED) is 0.373. The van der Waals surface area contributed by atoms with Crippen LogP contribution in [-0.2, 0) is 13.0 Å². The Morgan fingerprint density at radius 1 is 1.24 bits per heavy atom. The molecule has 1 fully saturated rings. The molecule has 0 aliphatic carbocycles. The molecule has 2 aliphatic heterocycles. The highest BCUT2D eigenvalue weighted by molar-refractivity contribution is 6.32. The Labute approximate surface area is 207 Å². The Morgan fingerprint density at radius 2 is 2.12 bits per heavy atom. The Bertz CT molecular complexity index is 1410. The number of carbonyl (C=O) groups excluding carboxylic acids is 1. The number of rotatable bonds is 5. The number of nitrogens with zero attached hydrogens (tertiary/aromatic N) is 3. The number of carbonyl (C=O) groups is 1. The van der Waals surface area contributed by atoms with E-state index in [1.165, 1.54) is 0 Å². The van der Waals surface area contributed by atoms with Gasteiger partial charge in [-0.15, -0.1) is 0 Å². The maximum Gasteiger partial charge on any atom is 0.171 e. The summed E-state index contributed by atoms with van der Waals surface area (Å²) in [5, 5.41) is 8.95. The normalized spacial score (nSPS) is 20.1. The number of aromatic nitrogens is 3. The summed E-state index contributed by atoms with van der Waals surface area (Å²) in [5.74, 6) is 0.662. The molecule has 6 rings (SSSR count). The molecule has 0 spiro atoms. The first-order valence-electron chi connectivity index (χ1n) is 11.5. The van der Waals surface area contributed by atoms with E-state index in [0.717, 1.165) is 58.4 Å². The molecular formula is C26H24Cl2N4O2. The van der Waals surface area contributed by atoms with E-state index in [1.807, 2.05) is 36.5 Å². The first-order chi connectivity index (χ1) is 16.5. The van der Waals surface area contributed by atoms with Crippen molar-refractivity contribution in [1.82, 2.24) is 19.7 Å². The van der Waals surface area contributed by atoms with Gasteiger partial charge in [-0.1, -0.05) is 35.3 Å². The number of aromatic amines is 1. The van der Waals surface area contributed by atoms with E-state index in [4.69, 9.17) is 27.9 Å². The van der Waals surface area contributed by atoms with Crippen LogP contribution in [0.3, 0.4) is 0 Å². The van der Waals surface area contributed by atoms with Crippen LogP contribution in [0.1, 0.15) is 22.3 Å². The summed E-state index contributed by atoms with van der Waals surface area (Å²) in [6.45, 7) is 2.31. The second-order valence-electron chi connectivity index (χ2n) is 9.28. The highest BCUT2D eigenvalue weighted by Crippen LogP contribution is 2.35. The van der Waals surface area contributed by atoms with E-state index >= 15 is 0 Å². The lowest BCUT2D eigenvalue weighted by atomic mass is 9.89. The molecule has 2 atom stereocenters. The number of benzene rings is 2. The van der Waals surface area contributed by atoms with Gasteiger partial charge in [-0.3, -0.25) is 9.89 Å². The molecule has 1 saturated heterocycles.